The summed E-state index contributed by atoms with van der Waals surface area (Å²) in [4.78, 5) is 67.0. The average molecular weight is 784 g/mol. The van der Waals surface area contributed by atoms with Crippen LogP contribution in [0.25, 0.3) is 22.3 Å². The van der Waals surface area contributed by atoms with E-state index in [0.717, 1.165) is 66.7 Å². The van der Waals surface area contributed by atoms with E-state index >= 15 is 0 Å². The first-order chi connectivity index (χ1) is 26.3. The summed E-state index contributed by atoms with van der Waals surface area (Å²) in [5.41, 5.74) is 6.41. The molecular formula is C40H46N7O6PS. The third kappa shape index (κ3) is 9.56. The summed E-state index contributed by atoms with van der Waals surface area (Å²) in [6.45, 7) is 6.67. The summed E-state index contributed by atoms with van der Waals surface area (Å²) in [5, 5.41) is 14.2. The fourth-order valence-electron chi connectivity index (χ4n) is 6.86. The van der Waals surface area contributed by atoms with Crippen LogP contribution in [0.15, 0.2) is 70.8 Å². The van der Waals surface area contributed by atoms with Crippen molar-refractivity contribution in [2.24, 2.45) is 7.05 Å². The lowest BCUT2D eigenvalue weighted by Gasteiger charge is -2.21. The minimum atomic E-state index is -2.55. The van der Waals surface area contributed by atoms with Crippen molar-refractivity contribution in [1.29, 1.82) is 0 Å². The van der Waals surface area contributed by atoms with Crippen LogP contribution in [-0.2, 0) is 38.8 Å². The van der Waals surface area contributed by atoms with Gasteiger partial charge in [0.15, 0.2) is 5.13 Å². The maximum atomic E-state index is 13.0. The van der Waals surface area contributed by atoms with Crippen LogP contribution in [0.3, 0.4) is 0 Å². The van der Waals surface area contributed by atoms with Crippen LogP contribution < -0.4 is 32.3 Å². The highest BCUT2D eigenvalue weighted by Crippen LogP contribution is 2.36. The maximum absolute atomic E-state index is 13.0. The fraction of sp³-hybridized carbons (Fsp3) is 0.350. The number of carbonyl (C=O) groups excluding carboxylic acids is 4. The van der Waals surface area contributed by atoms with E-state index < -0.39 is 30.9 Å². The number of imidazole rings is 1. The molecule has 4 N–H and O–H groups in total. The van der Waals surface area contributed by atoms with E-state index in [9.17, 15) is 28.5 Å². The van der Waals surface area contributed by atoms with E-state index in [1.54, 1.807) is 43.1 Å². The van der Waals surface area contributed by atoms with E-state index in [2.05, 4.69) is 38.4 Å². The number of thiazole rings is 1. The van der Waals surface area contributed by atoms with Crippen molar-refractivity contribution in [2.45, 2.75) is 51.5 Å². The van der Waals surface area contributed by atoms with Crippen molar-refractivity contribution in [1.82, 2.24) is 30.1 Å². The van der Waals surface area contributed by atoms with Crippen molar-refractivity contribution in [3.63, 3.8) is 0 Å². The van der Waals surface area contributed by atoms with Gasteiger partial charge in [-0.05, 0) is 112 Å². The van der Waals surface area contributed by atoms with Gasteiger partial charge >= 0.3 is 5.69 Å². The monoisotopic (exact) mass is 783 g/mol. The molecule has 2 aromatic heterocycles. The third-order valence-electron chi connectivity index (χ3n) is 9.75. The number of fused-ring (bicyclic) bond motifs is 1. The summed E-state index contributed by atoms with van der Waals surface area (Å²) in [5.74, 6) is -1.55. The molecular weight excluding hydrogens is 738 g/mol. The van der Waals surface area contributed by atoms with Crippen molar-refractivity contribution in [2.75, 3.05) is 38.3 Å². The molecule has 55 heavy (non-hydrogen) atoms. The van der Waals surface area contributed by atoms with E-state index in [1.165, 1.54) is 21.5 Å². The Morgan fingerprint density at radius 1 is 0.964 bits per heavy atom. The van der Waals surface area contributed by atoms with Crippen molar-refractivity contribution in [3.05, 3.63) is 98.8 Å². The lowest BCUT2D eigenvalue weighted by Crippen LogP contribution is -2.44. The number of aromatic nitrogens is 3. The molecule has 1 atom stereocenters. The van der Waals surface area contributed by atoms with Crippen LogP contribution >= 0.6 is 18.5 Å². The maximum Gasteiger partial charge on any atom is 0.329 e. The Labute approximate surface area is 323 Å². The topological polar surface area (TPSA) is 173 Å². The highest BCUT2D eigenvalue weighted by Gasteiger charge is 2.31. The number of hydrogen-bond donors (Lipinski definition) is 4. The lowest BCUT2D eigenvalue weighted by atomic mass is 10.0. The number of amides is 4. The third-order valence-corrected chi connectivity index (χ3v) is 12.1. The van der Waals surface area contributed by atoms with E-state index in [-0.39, 0.29) is 24.6 Å². The quantitative estimate of drug-likeness (QED) is 0.0682. The predicted molar refractivity (Wildman–Crippen MR) is 217 cm³/mol. The summed E-state index contributed by atoms with van der Waals surface area (Å²) in [6, 6.07) is 18.5. The van der Waals surface area contributed by atoms with Crippen LogP contribution in [0.2, 0.25) is 0 Å². The van der Waals surface area contributed by atoms with Gasteiger partial charge in [-0.15, -0.1) is 11.3 Å². The zero-order valence-electron chi connectivity index (χ0n) is 31.4. The number of hydrogen-bond acceptors (Lipinski definition) is 9. The first-order valence-electron chi connectivity index (χ1n) is 18.3. The first kappa shape index (κ1) is 39.5. The van der Waals surface area contributed by atoms with Gasteiger partial charge in [0.1, 0.15) is 13.2 Å². The molecule has 1 aliphatic rings. The molecule has 13 nitrogen and oxygen atoms in total. The number of carbonyl (C=O) groups is 4. The van der Waals surface area contributed by atoms with Gasteiger partial charge in [-0.1, -0.05) is 30.3 Å². The number of nitrogens with zero attached hydrogens (tertiary/aromatic N) is 3. The van der Waals surface area contributed by atoms with Crippen molar-refractivity contribution < 1.29 is 23.7 Å². The number of anilines is 1. The molecule has 4 amide bonds. The average Bonchev–Trinajstić information content (AvgIpc) is 3.71. The normalized spacial score (nSPS) is 14.6. The Kier molecular flexibility index (Phi) is 12.3. The molecule has 1 unspecified atom stereocenters. The molecule has 1 saturated heterocycles. The number of piperidine rings is 1. The van der Waals surface area contributed by atoms with Gasteiger partial charge in [0.05, 0.1) is 23.3 Å². The summed E-state index contributed by atoms with van der Waals surface area (Å²) in [6.07, 6.45) is 4.12. The lowest BCUT2D eigenvalue weighted by molar-refractivity contribution is -0.135. The number of imide groups is 1. The second-order valence-corrected chi connectivity index (χ2v) is 18.3. The van der Waals surface area contributed by atoms with E-state index in [4.69, 9.17) is 0 Å². The zero-order valence-corrected chi connectivity index (χ0v) is 33.1. The molecule has 288 valence electrons. The number of nitrogens with one attached hydrogen (secondary N) is 4. The van der Waals surface area contributed by atoms with E-state index in [0.29, 0.717) is 27.9 Å². The van der Waals surface area contributed by atoms with Gasteiger partial charge in [-0.25, -0.2) is 9.78 Å². The largest absolute Gasteiger partial charge is 0.343 e. The van der Waals surface area contributed by atoms with Crippen LogP contribution in [0.1, 0.15) is 58.8 Å². The first-order valence-corrected chi connectivity index (χ1v) is 21.8. The van der Waals surface area contributed by atoms with Crippen LogP contribution in [0.5, 0.6) is 0 Å². The molecule has 0 bridgehead atoms. The molecule has 0 saturated carbocycles. The SMILES string of the molecule is Cc1ccc(C(=O)NCC(=O)Nc2nc(-c3cccc(CCCNCCCc4ccc5c(c4)n(C)c(=O)n5C4CCC(=O)NC4=O)c3)cs2)cc1P(C)(C)=O. The van der Waals surface area contributed by atoms with Gasteiger partial charge in [0.25, 0.3) is 5.91 Å². The van der Waals surface area contributed by atoms with Gasteiger partial charge in [-0.3, -0.25) is 33.6 Å². The van der Waals surface area contributed by atoms with E-state index in [1.807, 2.05) is 42.6 Å². The van der Waals surface area contributed by atoms with Crippen LogP contribution in [0.4, 0.5) is 5.13 Å². The number of rotatable bonds is 15. The zero-order chi connectivity index (χ0) is 39.3. The Morgan fingerprint density at radius 3 is 2.44 bits per heavy atom. The number of aryl methyl sites for hydroxylation is 4. The standard InChI is InChI=1S/C40H46N7O6PS/c1-25-12-14-29(22-34(25)54(3,4)53)37(50)42-23-36(49)45-39-43-30(24-55-39)28-11-5-8-26(20-28)9-6-18-41-19-7-10-27-13-15-31-33(21-27)46(2)40(52)47(31)32-16-17-35(48)44-38(32)51/h5,8,11-15,20-22,24,32,41H,6-7,9-10,16-19,23H2,1-4H3,(H,42,50)(H,43,45,49)(H,44,48,51). The minimum Gasteiger partial charge on any atom is -0.343 e. The highest BCUT2D eigenvalue weighted by atomic mass is 32.1. The Balaban J connectivity index is 0.924. The van der Waals surface area contributed by atoms with Crippen LogP contribution in [0, 0.1) is 6.92 Å². The molecule has 3 heterocycles. The summed E-state index contributed by atoms with van der Waals surface area (Å²) >= 11 is 1.31. The van der Waals surface area contributed by atoms with Crippen molar-refractivity contribution >= 4 is 63.6 Å². The molecule has 15 heteroatoms. The molecule has 1 aliphatic heterocycles. The predicted octanol–water partition coefficient (Wildman–Crippen LogP) is 4.52. The molecule has 3 aromatic carbocycles. The number of benzene rings is 3. The van der Waals surface area contributed by atoms with Gasteiger partial charge in [0, 0.05) is 35.3 Å². The molecule has 0 spiro atoms. The summed E-state index contributed by atoms with van der Waals surface area (Å²) < 4.78 is 15.7. The second kappa shape index (κ2) is 17.1. The molecule has 0 aliphatic carbocycles. The molecule has 6 rings (SSSR count). The Bertz CT molecular complexity index is 2370. The molecule has 0 radical (unpaired) electrons. The summed E-state index contributed by atoms with van der Waals surface area (Å²) in [7, 11) is -0.849. The molecule has 5 aromatic rings. The van der Waals surface area contributed by atoms with Crippen molar-refractivity contribution in [3.8, 4) is 11.3 Å². The highest BCUT2D eigenvalue weighted by molar-refractivity contribution is 7.70. The Hall–Kier alpha value is -5.17. The minimum absolute atomic E-state index is 0.210. The Morgan fingerprint density at radius 2 is 1.71 bits per heavy atom. The second-order valence-electron chi connectivity index (χ2n) is 14.3. The van der Waals surface area contributed by atoms with Crippen LogP contribution in [-0.4, -0.2) is 70.7 Å². The smallest absolute Gasteiger partial charge is 0.329 e. The fourth-order valence-corrected chi connectivity index (χ4v) is 8.97. The van der Waals surface area contributed by atoms with Gasteiger partial charge in [0.2, 0.25) is 17.7 Å². The van der Waals surface area contributed by atoms with Gasteiger partial charge in [-0.2, -0.15) is 0 Å². The molecule has 1 fully saturated rings. The van der Waals surface area contributed by atoms with Gasteiger partial charge < -0.3 is 20.5 Å².